The van der Waals surface area contributed by atoms with E-state index in [2.05, 4.69) is 15.3 Å². The number of methoxy groups -OCH3 is 1. The SMILES string of the molecule is COc1cccc(CNc2ncnc3ccsc23)c1C(F)(F)F. The summed E-state index contributed by atoms with van der Waals surface area (Å²) in [5, 5.41) is 4.82. The Labute approximate surface area is 134 Å². The third kappa shape index (κ3) is 3.07. The molecule has 120 valence electrons. The van der Waals surface area contributed by atoms with E-state index in [-0.39, 0.29) is 17.9 Å². The number of halogens is 3. The van der Waals surface area contributed by atoms with Crippen molar-refractivity contribution in [2.45, 2.75) is 12.7 Å². The molecule has 1 aromatic carbocycles. The summed E-state index contributed by atoms with van der Waals surface area (Å²) in [6.45, 7) is -0.0178. The van der Waals surface area contributed by atoms with E-state index >= 15 is 0 Å². The summed E-state index contributed by atoms with van der Waals surface area (Å²) in [5.41, 5.74) is 0.0841. The van der Waals surface area contributed by atoms with Gasteiger partial charge in [0.15, 0.2) is 0 Å². The van der Waals surface area contributed by atoms with Crippen LogP contribution in [-0.4, -0.2) is 17.1 Å². The molecule has 3 aromatic rings. The molecule has 0 atom stereocenters. The average molecular weight is 339 g/mol. The smallest absolute Gasteiger partial charge is 0.420 e. The van der Waals surface area contributed by atoms with E-state index in [1.807, 2.05) is 11.4 Å². The maximum absolute atomic E-state index is 13.3. The number of rotatable bonds is 4. The summed E-state index contributed by atoms with van der Waals surface area (Å²) in [6.07, 6.45) is -3.11. The number of anilines is 1. The lowest BCUT2D eigenvalue weighted by Crippen LogP contribution is -2.14. The van der Waals surface area contributed by atoms with Gasteiger partial charge in [-0.2, -0.15) is 13.2 Å². The maximum Gasteiger partial charge on any atom is 0.420 e. The molecular weight excluding hydrogens is 327 g/mol. The lowest BCUT2D eigenvalue weighted by atomic mass is 10.1. The lowest BCUT2D eigenvalue weighted by Gasteiger charge is -2.17. The van der Waals surface area contributed by atoms with Crippen molar-refractivity contribution in [1.82, 2.24) is 9.97 Å². The summed E-state index contributed by atoms with van der Waals surface area (Å²) in [7, 11) is 1.22. The van der Waals surface area contributed by atoms with Crippen LogP contribution in [0.3, 0.4) is 0 Å². The highest BCUT2D eigenvalue weighted by molar-refractivity contribution is 7.17. The highest BCUT2D eigenvalue weighted by atomic mass is 32.1. The fourth-order valence-electron chi connectivity index (χ4n) is 2.31. The van der Waals surface area contributed by atoms with E-state index in [0.717, 1.165) is 10.2 Å². The van der Waals surface area contributed by atoms with Crippen LogP contribution in [0.1, 0.15) is 11.1 Å². The fourth-order valence-corrected chi connectivity index (χ4v) is 3.12. The predicted molar refractivity (Wildman–Crippen MR) is 82.7 cm³/mol. The molecule has 1 N–H and O–H groups in total. The number of alkyl halides is 3. The fraction of sp³-hybridized carbons (Fsp3) is 0.200. The normalized spacial score (nSPS) is 11.7. The van der Waals surface area contributed by atoms with Crippen molar-refractivity contribution in [3.8, 4) is 5.75 Å². The molecule has 2 aromatic heterocycles. The molecule has 0 bridgehead atoms. The molecule has 0 unspecified atom stereocenters. The molecule has 0 saturated carbocycles. The van der Waals surface area contributed by atoms with Gasteiger partial charge in [0.05, 0.1) is 17.3 Å². The molecule has 0 aliphatic rings. The Morgan fingerprint density at radius 1 is 1.22 bits per heavy atom. The van der Waals surface area contributed by atoms with Gasteiger partial charge in [0.1, 0.15) is 23.5 Å². The third-order valence-corrected chi connectivity index (χ3v) is 4.22. The largest absolute Gasteiger partial charge is 0.496 e. The minimum absolute atomic E-state index is 0.0178. The molecule has 0 radical (unpaired) electrons. The number of nitrogens with one attached hydrogen (secondary N) is 1. The van der Waals surface area contributed by atoms with Gasteiger partial charge in [0, 0.05) is 6.54 Å². The minimum Gasteiger partial charge on any atom is -0.496 e. The van der Waals surface area contributed by atoms with Crippen LogP contribution in [-0.2, 0) is 12.7 Å². The first kappa shape index (κ1) is 15.5. The Balaban J connectivity index is 1.93. The molecule has 0 amide bonds. The Morgan fingerprint density at radius 3 is 2.78 bits per heavy atom. The van der Waals surface area contributed by atoms with Gasteiger partial charge in [-0.25, -0.2) is 9.97 Å². The topological polar surface area (TPSA) is 47.0 Å². The Bertz CT molecular complexity index is 832. The zero-order chi connectivity index (χ0) is 16.4. The molecule has 0 aliphatic heterocycles. The Kier molecular flexibility index (Phi) is 4.08. The van der Waals surface area contributed by atoms with E-state index in [1.54, 1.807) is 0 Å². The maximum atomic E-state index is 13.3. The highest BCUT2D eigenvalue weighted by Gasteiger charge is 2.36. The first-order chi connectivity index (χ1) is 11.0. The monoisotopic (exact) mass is 339 g/mol. The molecule has 3 rings (SSSR count). The van der Waals surface area contributed by atoms with Gasteiger partial charge < -0.3 is 10.1 Å². The third-order valence-electron chi connectivity index (χ3n) is 3.31. The van der Waals surface area contributed by atoms with Gasteiger partial charge in [0.2, 0.25) is 0 Å². The number of hydrogen-bond acceptors (Lipinski definition) is 5. The van der Waals surface area contributed by atoms with Crippen molar-refractivity contribution in [3.63, 3.8) is 0 Å². The van der Waals surface area contributed by atoms with E-state index < -0.39 is 11.7 Å². The van der Waals surface area contributed by atoms with Crippen LogP contribution in [0.5, 0.6) is 5.75 Å². The number of fused-ring (bicyclic) bond motifs is 1. The van der Waals surface area contributed by atoms with Gasteiger partial charge in [-0.15, -0.1) is 11.3 Å². The van der Waals surface area contributed by atoms with Crippen LogP contribution in [0.4, 0.5) is 19.0 Å². The van der Waals surface area contributed by atoms with Crippen LogP contribution >= 0.6 is 11.3 Å². The first-order valence-corrected chi connectivity index (χ1v) is 7.54. The molecule has 0 saturated heterocycles. The van der Waals surface area contributed by atoms with Crippen molar-refractivity contribution in [3.05, 3.63) is 47.1 Å². The van der Waals surface area contributed by atoms with Crippen LogP contribution in [0.2, 0.25) is 0 Å². The van der Waals surface area contributed by atoms with Crippen molar-refractivity contribution in [1.29, 1.82) is 0 Å². The number of nitrogens with zero attached hydrogens (tertiary/aromatic N) is 2. The summed E-state index contributed by atoms with van der Waals surface area (Å²) < 4.78 is 45.5. The second kappa shape index (κ2) is 6.04. The summed E-state index contributed by atoms with van der Waals surface area (Å²) in [4.78, 5) is 8.20. The van der Waals surface area contributed by atoms with Crippen LogP contribution in [0, 0.1) is 0 Å². The van der Waals surface area contributed by atoms with Crippen LogP contribution < -0.4 is 10.1 Å². The zero-order valence-electron chi connectivity index (χ0n) is 12.0. The zero-order valence-corrected chi connectivity index (χ0v) is 12.8. The summed E-state index contributed by atoms with van der Waals surface area (Å²) in [5.74, 6) is 0.321. The molecule has 2 heterocycles. The Hall–Kier alpha value is -2.35. The summed E-state index contributed by atoms with van der Waals surface area (Å²) >= 11 is 1.43. The van der Waals surface area contributed by atoms with Gasteiger partial charge >= 0.3 is 6.18 Å². The van der Waals surface area contributed by atoms with Crippen molar-refractivity contribution >= 4 is 27.4 Å². The molecule has 0 fully saturated rings. The summed E-state index contributed by atoms with van der Waals surface area (Å²) in [6, 6.07) is 6.09. The number of thiophene rings is 1. The molecular formula is C15H12F3N3OS. The quantitative estimate of drug-likeness (QED) is 0.768. The second-order valence-electron chi connectivity index (χ2n) is 4.70. The van der Waals surface area contributed by atoms with Crippen molar-refractivity contribution in [2.24, 2.45) is 0 Å². The van der Waals surface area contributed by atoms with Gasteiger partial charge in [-0.05, 0) is 23.1 Å². The molecule has 23 heavy (non-hydrogen) atoms. The average Bonchev–Trinajstić information content (AvgIpc) is 3.00. The van der Waals surface area contributed by atoms with Gasteiger partial charge in [0.25, 0.3) is 0 Å². The van der Waals surface area contributed by atoms with E-state index in [0.29, 0.717) is 5.82 Å². The molecule has 4 nitrogen and oxygen atoms in total. The van der Waals surface area contributed by atoms with Crippen molar-refractivity contribution in [2.75, 3.05) is 12.4 Å². The van der Waals surface area contributed by atoms with Gasteiger partial charge in [-0.1, -0.05) is 12.1 Å². The van der Waals surface area contributed by atoms with Crippen LogP contribution in [0.25, 0.3) is 10.2 Å². The highest BCUT2D eigenvalue weighted by Crippen LogP contribution is 2.39. The van der Waals surface area contributed by atoms with Crippen LogP contribution in [0.15, 0.2) is 36.0 Å². The van der Waals surface area contributed by atoms with E-state index in [4.69, 9.17) is 4.74 Å². The molecule has 0 spiro atoms. The number of hydrogen-bond donors (Lipinski definition) is 1. The van der Waals surface area contributed by atoms with Gasteiger partial charge in [-0.3, -0.25) is 0 Å². The van der Waals surface area contributed by atoms with E-state index in [1.165, 1.54) is 43.0 Å². The van der Waals surface area contributed by atoms with E-state index in [9.17, 15) is 13.2 Å². The number of ether oxygens (including phenoxy) is 1. The standard InChI is InChI=1S/C15H12F3N3OS/c1-22-11-4-2-3-9(12(11)15(16,17)18)7-19-14-13-10(5-6-23-13)20-8-21-14/h2-6,8H,7H2,1H3,(H,19,20,21). The second-order valence-corrected chi connectivity index (χ2v) is 5.62. The Morgan fingerprint density at radius 2 is 2.04 bits per heavy atom. The number of benzene rings is 1. The first-order valence-electron chi connectivity index (χ1n) is 6.66. The minimum atomic E-state index is -4.49. The van der Waals surface area contributed by atoms with Crippen molar-refractivity contribution < 1.29 is 17.9 Å². The molecule has 8 heteroatoms. The lowest BCUT2D eigenvalue weighted by molar-refractivity contribution is -0.139. The predicted octanol–water partition coefficient (Wildman–Crippen LogP) is 4.33. The number of aromatic nitrogens is 2. The molecule has 0 aliphatic carbocycles.